The number of hydrogen-bond donors (Lipinski definition) is 0. The van der Waals surface area contributed by atoms with E-state index in [0.717, 1.165) is 0 Å². The van der Waals surface area contributed by atoms with Gasteiger partial charge in [0, 0.05) is 19.8 Å². The Kier molecular flexibility index (Phi) is 4.62. The lowest BCUT2D eigenvalue weighted by Crippen LogP contribution is -2.07. The van der Waals surface area contributed by atoms with Crippen molar-refractivity contribution in [2.24, 2.45) is 0 Å². The standard InChI is InChI=1S/C19H23N/c1-15(2)18-11-7-16(8-12-18)5-6-17-9-13-19(14-10-17)20(3)4/h5-15H,1-4H3/b6-5+. The van der Waals surface area contributed by atoms with Gasteiger partial charge in [0.2, 0.25) is 0 Å². The van der Waals surface area contributed by atoms with Crippen LogP contribution in [-0.4, -0.2) is 14.1 Å². The molecule has 0 amide bonds. The third kappa shape index (κ3) is 3.74. The summed E-state index contributed by atoms with van der Waals surface area (Å²) in [6, 6.07) is 17.4. The second-order valence-corrected chi connectivity index (χ2v) is 5.64. The molecule has 104 valence electrons. The Morgan fingerprint density at radius 2 is 1.20 bits per heavy atom. The Morgan fingerprint density at radius 1 is 0.750 bits per heavy atom. The van der Waals surface area contributed by atoms with Gasteiger partial charge in [-0.3, -0.25) is 0 Å². The van der Waals surface area contributed by atoms with Crippen molar-refractivity contribution in [2.75, 3.05) is 19.0 Å². The van der Waals surface area contributed by atoms with Gasteiger partial charge in [0.05, 0.1) is 0 Å². The topological polar surface area (TPSA) is 3.24 Å². The number of anilines is 1. The van der Waals surface area contributed by atoms with Crippen LogP contribution in [0.3, 0.4) is 0 Å². The molecule has 0 spiro atoms. The van der Waals surface area contributed by atoms with E-state index in [1.165, 1.54) is 22.4 Å². The quantitative estimate of drug-likeness (QED) is 0.699. The molecule has 0 saturated heterocycles. The minimum atomic E-state index is 0.589. The van der Waals surface area contributed by atoms with Crippen LogP contribution in [-0.2, 0) is 0 Å². The largest absolute Gasteiger partial charge is 0.378 e. The molecule has 1 nitrogen and oxygen atoms in total. The van der Waals surface area contributed by atoms with Crippen molar-refractivity contribution in [3.63, 3.8) is 0 Å². The van der Waals surface area contributed by atoms with E-state index in [-0.39, 0.29) is 0 Å². The van der Waals surface area contributed by atoms with Crippen LogP contribution in [0.15, 0.2) is 48.5 Å². The van der Waals surface area contributed by atoms with E-state index in [1.807, 2.05) is 0 Å². The second-order valence-electron chi connectivity index (χ2n) is 5.64. The van der Waals surface area contributed by atoms with Gasteiger partial charge in [-0.15, -0.1) is 0 Å². The third-order valence-corrected chi connectivity index (χ3v) is 3.48. The SMILES string of the molecule is CC(C)c1ccc(/C=C/c2ccc(N(C)C)cc2)cc1. The van der Waals surface area contributed by atoms with Crippen LogP contribution in [0, 0.1) is 0 Å². The molecule has 0 heterocycles. The van der Waals surface area contributed by atoms with Gasteiger partial charge in [-0.1, -0.05) is 62.4 Å². The van der Waals surface area contributed by atoms with Crippen LogP contribution in [0.2, 0.25) is 0 Å². The summed E-state index contributed by atoms with van der Waals surface area (Å²) in [7, 11) is 4.11. The lowest BCUT2D eigenvalue weighted by Gasteiger charge is -2.11. The molecule has 0 N–H and O–H groups in total. The molecule has 0 aliphatic heterocycles. The van der Waals surface area contributed by atoms with Gasteiger partial charge in [-0.25, -0.2) is 0 Å². The lowest BCUT2D eigenvalue weighted by molar-refractivity contribution is 0.866. The average molecular weight is 265 g/mol. The molecule has 0 aromatic heterocycles. The summed E-state index contributed by atoms with van der Waals surface area (Å²) in [6.07, 6.45) is 4.32. The molecule has 0 radical (unpaired) electrons. The summed E-state index contributed by atoms with van der Waals surface area (Å²) in [5.74, 6) is 0.589. The summed E-state index contributed by atoms with van der Waals surface area (Å²) < 4.78 is 0. The van der Waals surface area contributed by atoms with E-state index >= 15 is 0 Å². The van der Waals surface area contributed by atoms with E-state index in [0.29, 0.717) is 5.92 Å². The van der Waals surface area contributed by atoms with Crippen LogP contribution in [0.25, 0.3) is 12.2 Å². The first-order valence-corrected chi connectivity index (χ1v) is 7.11. The third-order valence-electron chi connectivity index (χ3n) is 3.48. The fourth-order valence-electron chi connectivity index (χ4n) is 2.07. The summed E-state index contributed by atoms with van der Waals surface area (Å²) in [4.78, 5) is 2.11. The van der Waals surface area contributed by atoms with Gasteiger partial charge in [0.15, 0.2) is 0 Å². The first-order chi connectivity index (χ1) is 9.56. The first kappa shape index (κ1) is 14.4. The van der Waals surface area contributed by atoms with Crippen molar-refractivity contribution in [3.8, 4) is 0 Å². The van der Waals surface area contributed by atoms with Gasteiger partial charge in [-0.2, -0.15) is 0 Å². The minimum Gasteiger partial charge on any atom is -0.378 e. The monoisotopic (exact) mass is 265 g/mol. The van der Waals surface area contributed by atoms with Crippen LogP contribution in [0.4, 0.5) is 5.69 Å². The average Bonchev–Trinajstić information content (AvgIpc) is 2.46. The van der Waals surface area contributed by atoms with Crippen LogP contribution in [0.1, 0.15) is 36.5 Å². The van der Waals surface area contributed by atoms with Crippen molar-refractivity contribution in [2.45, 2.75) is 19.8 Å². The van der Waals surface area contributed by atoms with E-state index in [1.54, 1.807) is 0 Å². The van der Waals surface area contributed by atoms with Crippen molar-refractivity contribution >= 4 is 17.8 Å². The Labute approximate surface area is 122 Å². The maximum absolute atomic E-state index is 2.22. The summed E-state index contributed by atoms with van der Waals surface area (Å²) >= 11 is 0. The van der Waals surface area contributed by atoms with Gasteiger partial charge in [0.1, 0.15) is 0 Å². The van der Waals surface area contributed by atoms with Crippen LogP contribution >= 0.6 is 0 Å². The van der Waals surface area contributed by atoms with Gasteiger partial charge in [0.25, 0.3) is 0 Å². The molecule has 0 fully saturated rings. The van der Waals surface area contributed by atoms with E-state index in [4.69, 9.17) is 0 Å². The van der Waals surface area contributed by atoms with Crippen LogP contribution < -0.4 is 4.90 Å². The molecular formula is C19H23N. The van der Waals surface area contributed by atoms with E-state index < -0.39 is 0 Å². The number of rotatable bonds is 4. The highest BCUT2D eigenvalue weighted by atomic mass is 15.1. The molecular weight excluding hydrogens is 242 g/mol. The maximum Gasteiger partial charge on any atom is 0.0361 e. The molecule has 0 unspecified atom stereocenters. The summed E-state index contributed by atoms with van der Waals surface area (Å²) in [6.45, 7) is 4.44. The Hall–Kier alpha value is -2.02. The Balaban J connectivity index is 2.08. The van der Waals surface area contributed by atoms with Crippen molar-refractivity contribution < 1.29 is 0 Å². The Morgan fingerprint density at radius 3 is 1.60 bits per heavy atom. The molecule has 0 bridgehead atoms. The molecule has 0 aliphatic rings. The Bertz CT molecular complexity index is 506. The van der Waals surface area contributed by atoms with Gasteiger partial charge >= 0.3 is 0 Å². The molecule has 2 aromatic rings. The minimum absolute atomic E-state index is 0.589. The fraction of sp³-hybridized carbons (Fsp3) is 0.263. The number of benzene rings is 2. The van der Waals surface area contributed by atoms with E-state index in [9.17, 15) is 0 Å². The zero-order chi connectivity index (χ0) is 14.5. The predicted octanol–water partition coefficient (Wildman–Crippen LogP) is 5.05. The number of nitrogens with zero attached hydrogens (tertiary/aromatic N) is 1. The highest BCUT2D eigenvalue weighted by Crippen LogP contribution is 2.17. The molecule has 0 atom stereocenters. The molecule has 0 saturated carbocycles. The number of hydrogen-bond acceptors (Lipinski definition) is 1. The van der Waals surface area contributed by atoms with Crippen molar-refractivity contribution in [1.29, 1.82) is 0 Å². The maximum atomic E-state index is 2.22. The highest BCUT2D eigenvalue weighted by molar-refractivity contribution is 5.70. The van der Waals surface area contributed by atoms with Gasteiger partial charge < -0.3 is 4.90 Å². The normalized spacial score (nSPS) is 11.2. The second kappa shape index (κ2) is 6.42. The van der Waals surface area contributed by atoms with Crippen LogP contribution in [0.5, 0.6) is 0 Å². The molecule has 2 aromatic carbocycles. The zero-order valence-corrected chi connectivity index (χ0v) is 12.8. The summed E-state index contributed by atoms with van der Waals surface area (Å²) in [5, 5.41) is 0. The molecule has 0 aliphatic carbocycles. The predicted molar refractivity (Wildman–Crippen MR) is 90.2 cm³/mol. The lowest BCUT2D eigenvalue weighted by atomic mass is 10.0. The smallest absolute Gasteiger partial charge is 0.0361 e. The zero-order valence-electron chi connectivity index (χ0n) is 12.8. The van der Waals surface area contributed by atoms with Crippen molar-refractivity contribution in [1.82, 2.24) is 0 Å². The molecule has 2 rings (SSSR count). The fourth-order valence-corrected chi connectivity index (χ4v) is 2.07. The first-order valence-electron chi connectivity index (χ1n) is 7.11. The molecule has 1 heteroatoms. The van der Waals surface area contributed by atoms with E-state index in [2.05, 4.69) is 93.5 Å². The summed E-state index contributed by atoms with van der Waals surface area (Å²) in [5.41, 5.74) is 5.08. The molecule has 20 heavy (non-hydrogen) atoms. The van der Waals surface area contributed by atoms with Gasteiger partial charge in [-0.05, 0) is 34.7 Å². The highest BCUT2D eigenvalue weighted by Gasteiger charge is 1.97. The van der Waals surface area contributed by atoms with Crippen molar-refractivity contribution in [3.05, 3.63) is 65.2 Å².